The second-order valence-electron chi connectivity index (χ2n) is 6.46. The quantitative estimate of drug-likeness (QED) is 0.942. The number of rotatable bonds is 3. The molecule has 4 nitrogen and oxygen atoms in total. The normalized spacial score (nSPS) is 23.5. The fourth-order valence-electron chi connectivity index (χ4n) is 4.34. The van der Waals surface area contributed by atoms with Crippen LogP contribution in [0.15, 0.2) is 24.4 Å². The minimum Gasteiger partial charge on any atom is -0.352 e. The van der Waals surface area contributed by atoms with Gasteiger partial charge in [0, 0.05) is 25.3 Å². The minimum atomic E-state index is 0.550. The van der Waals surface area contributed by atoms with Crippen LogP contribution in [0.4, 0.5) is 5.82 Å². The lowest BCUT2D eigenvalue weighted by Gasteiger charge is -2.30. The fourth-order valence-corrected chi connectivity index (χ4v) is 4.34. The Labute approximate surface area is 126 Å². The Kier molecular flexibility index (Phi) is 3.34. The molecule has 1 saturated heterocycles. The van der Waals surface area contributed by atoms with Crippen molar-refractivity contribution in [2.75, 3.05) is 11.4 Å². The van der Waals surface area contributed by atoms with Crippen molar-refractivity contribution in [3.05, 3.63) is 30.1 Å². The molecule has 0 radical (unpaired) electrons. The predicted octanol–water partition coefficient (Wildman–Crippen LogP) is 2.95. The zero-order chi connectivity index (χ0) is 14.2. The van der Waals surface area contributed by atoms with Gasteiger partial charge in [-0.05, 0) is 43.7 Å². The molecule has 112 valence electrons. The first-order valence-corrected chi connectivity index (χ1v) is 8.31. The van der Waals surface area contributed by atoms with Crippen LogP contribution in [-0.2, 0) is 6.54 Å². The number of aromatic nitrogens is 2. The van der Waals surface area contributed by atoms with Crippen LogP contribution >= 0.6 is 0 Å². The first-order chi connectivity index (χ1) is 10.4. The van der Waals surface area contributed by atoms with Crippen LogP contribution in [0.3, 0.4) is 0 Å². The van der Waals surface area contributed by atoms with E-state index in [0.717, 1.165) is 29.6 Å². The number of anilines is 1. The van der Waals surface area contributed by atoms with E-state index in [1.54, 1.807) is 0 Å². The third-order valence-electron chi connectivity index (χ3n) is 5.32. The Morgan fingerprint density at radius 1 is 1.14 bits per heavy atom. The molecule has 1 saturated carbocycles. The highest BCUT2D eigenvalue weighted by Crippen LogP contribution is 2.38. The van der Waals surface area contributed by atoms with E-state index < -0.39 is 0 Å². The zero-order valence-corrected chi connectivity index (χ0v) is 12.5. The minimum absolute atomic E-state index is 0.550. The van der Waals surface area contributed by atoms with E-state index in [1.165, 1.54) is 38.5 Å². The molecular weight excluding hydrogens is 260 g/mol. The van der Waals surface area contributed by atoms with E-state index in [-0.39, 0.29) is 0 Å². The van der Waals surface area contributed by atoms with Gasteiger partial charge < -0.3 is 15.0 Å². The van der Waals surface area contributed by atoms with Crippen molar-refractivity contribution in [3.63, 3.8) is 0 Å². The van der Waals surface area contributed by atoms with E-state index in [9.17, 15) is 0 Å². The molecule has 0 amide bonds. The van der Waals surface area contributed by atoms with Gasteiger partial charge in [0.15, 0.2) is 5.82 Å². The van der Waals surface area contributed by atoms with Gasteiger partial charge in [0.25, 0.3) is 0 Å². The second kappa shape index (κ2) is 5.34. The van der Waals surface area contributed by atoms with Crippen LogP contribution in [0.5, 0.6) is 0 Å². The summed E-state index contributed by atoms with van der Waals surface area (Å²) in [6.07, 6.45) is 10.3. The molecule has 3 heterocycles. The van der Waals surface area contributed by atoms with Crippen LogP contribution in [0.1, 0.15) is 44.2 Å². The molecule has 2 aliphatic rings. The largest absolute Gasteiger partial charge is 0.352 e. The summed E-state index contributed by atoms with van der Waals surface area (Å²) in [5.74, 6) is 2.00. The predicted molar refractivity (Wildman–Crippen MR) is 85.4 cm³/mol. The molecule has 0 aromatic carbocycles. The number of nitrogens with zero attached hydrogens (tertiary/aromatic N) is 3. The number of nitrogens with two attached hydrogens (primary N) is 1. The zero-order valence-electron chi connectivity index (χ0n) is 12.5. The molecule has 1 aliphatic carbocycles. The third-order valence-corrected chi connectivity index (χ3v) is 5.32. The van der Waals surface area contributed by atoms with Gasteiger partial charge >= 0.3 is 0 Å². The van der Waals surface area contributed by atoms with Crippen molar-refractivity contribution in [3.8, 4) is 0 Å². The summed E-state index contributed by atoms with van der Waals surface area (Å²) >= 11 is 0. The highest BCUT2D eigenvalue weighted by atomic mass is 15.3. The van der Waals surface area contributed by atoms with Crippen LogP contribution in [0, 0.1) is 5.92 Å². The summed E-state index contributed by atoms with van der Waals surface area (Å²) in [4.78, 5) is 7.46. The van der Waals surface area contributed by atoms with Crippen LogP contribution < -0.4 is 10.6 Å². The molecule has 2 aromatic heterocycles. The molecular formula is C17H24N4. The molecule has 21 heavy (non-hydrogen) atoms. The topological polar surface area (TPSA) is 46.6 Å². The number of pyridine rings is 1. The highest BCUT2D eigenvalue weighted by Gasteiger charge is 2.35. The van der Waals surface area contributed by atoms with E-state index in [4.69, 9.17) is 10.7 Å². The fraction of sp³-hybridized carbons (Fsp3) is 0.588. The van der Waals surface area contributed by atoms with Crippen LogP contribution in [0.2, 0.25) is 0 Å². The third kappa shape index (κ3) is 2.13. The molecule has 1 aliphatic heterocycles. The summed E-state index contributed by atoms with van der Waals surface area (Å²) in [5, 5.41) is 0. The number of hydrogen-bond acceptors (Lipinski definition) is 3. The summed E-state index contributed by atoms with van der Waals surface area (Å²) in [5.41, 5.74) is 8.22. The maximum Gasteiger partial charge on any atom is 0.152 e. The van der Waals surface area contributed by atoms with Gasteiger partial charge in [0.2, 0.25) is 0 Å². The number of hydrogen-bond donors (Lipinski definition) is 1. The van der Waals surface area contributed by atoms with Gasteiger partial charge in [-0.1, -0.05) is 18.9 Å². The maximum absolute atomic E-state index is 6.04. The van der Waals surface area contributed by atoms with Crippen molar-refractivity contribution in [2.45, 2.75) is 51.1 Å². The van der Waals surface area contributed by atoms with Gasteiger partial charge in [0.05, 0.1) is 5.69 Å². The Morgan fingerprint density at radius 3 is 2.81 bits per heavy atom. The molecule has 2 N–H and O–H groups in total. The Morgan fingerprint density at radius 2 is 2.00 bits per heavy atom. The molecule has 2 fully saturated rings. The lowest BCUT2D eigenvalue weighted by Crippen LogP contribution is -2.35. The van der Waals surface area contributed by atoms with Crippen molar-refractivity contribution in [1.82, 2.24) is 9.38 Å². The molecule has 1 unspecified atom stereocenters. The maximum atomic E-state index is 6.04. The SMILES string of the molecule is NCc1c(N2CCCC2C2CCCC2)nc2ccccn12. The Bertz CT molecular complexity index is 627. The van der Waals surface area contributed by atoms with Gasteiger partial charge in [0.1, 0.15) is 5.65 Å². The van der Waals surface area contributed by atoms with Gasteiger partial charge in [-0.25, -0.2) is 4.98 Å². The average molecular weight is 284 g/mol. The molecule has 4 rings (SSSR count). The van der Waals surface area contributed by atoms with Crippen molar-refractivity contribution >= 4 is 11.5 Å². The molecule has 1 atom stereocenters. The lowest BCUT2D eigenvalue weighted by atomic mass is 9.96. The van der Waals surface area contributed by atoms with E-state index >= 15 is 0 Å². The van der Waals surface area contributed by atoms with E-state index in [1.807, 2.05) is 6.07 Å². The summed E-state index contributed by atoms with van der Waals surface area (Å²) in [7, 11) is 0. The Balaban J connectivity index is 1.74. The summed E-state index contributed by atoms with van der Waals surface area (Å²) < 4.78 is 2.15. The van der Waals surface area contributed by atoms with Crippen molar-refractivity contribution < 1.29 is 0 Å². The standard InChI is InChI=1S/C17H24N4/c18-12-15-17(19-16-9-3-4-10-20(15)16)21-11-5-8-14(21)13-6-1-2-7-13/h3-4,9-10,13-14H,1-2,5-8,11-12,18H2. The van der Waals surface area contributed by atoms with Crippen LogP contribution in [-0.4, -0.2) is 22.0 Å². The van der Waals surface area contributed by atoms with Gasteiger partial charge in [-0.2, -0.15) is 0 Å². The molecule has 4 heteroatoms. The van der Waals surface area contributed by atoms with E-state index in [2.05, 4.69) is 27.6 Å². The van der Waals surface area contributed by atoms with Gasteiger partial charge in [-0.3, -0.25) is 0 Å². The number of imidazole rings is 1. The second-order valence-corrected chi connectivity index (χ2v) is 6.46. The average Bonchev–Trinajstić information content (AvgIpc) is 3.24. The molecule has 0 bridgehead atoms. The molecule has 0 spiro atoms. The summed E-state index contributed by atoms with van der Waals surface area (Å²) in [6.45, 7) is 1.69. The van der Waals surface area contributed by atoms with Crippen molar-refractivity contribution in [1.29, 1.82) is 0 Å². The highest BCUT2D eigenvalue weighted by molar-refractivity contribution is 5.57. The van der Waals surface area contributed by atoms with Crippen molar-refractivity contribution in [2.24, 2.45) is 11.7 Å². The van der Waals surface area contributed by atoms with E-state index in [0.29, 0.717) is 12.6 Å². The van der Waals surface area contributed by atoms with Crippen LogP contribution in [0.25, 0.3) is 5.65 Å². The first kappa shape index (κ1) is 13.1. The van der Waals surface area contributed by atoms with Gasteiger partial charge in [-0.15, -0.1) is 0 Å². The smallest absolute Gasteiger partial charge is 0.152 e. The number of fused-ring (bicyclic) bond motifs is 1. The lowest BCUT2D eigenvalue weighted by molar-refractivity contribution is 0.429. The summed E-state index contributed by atoms with van der Waals surface area (Å²) in [6, 6.07) is 6.85. The monoisotopic (exact) mass is 284 g/mol. The Hall–Kier alpha value is -1.55. The molecule has 2 aromatic rings. The first-order valence-electron chi connectivity index (χ1n) is 8.31.